The SMILES string of the molecule is O=C1CCC(Nc2ccc(N3CCN(C(=O)CCOCCOCCOCCOCCOCCOCCC(=O)N4CCN(c5ccc(C(=O)Nc6n[nH]c7ccc(Cc8cc(F)cc(F)c8)cc67)c(NC6CCOCC6)c5)CC4)CC3)cc2)C(=O)N1. The molecule has 4 saturated heterocycles. The average molecular weight is 1180 g/mol. The molecule has 458 valence electrons. The number of fused-ring (bicyclic) bond motifs is 1. The van der Waals surface area contributed by atoms with Gasteiger partial charge in [0, 0.05) is 112 Å². The van der Waals surface area contributed by atoms with E-state index in [9.17, 15) is 32.8 Å². The van der Waals surface area contributed by atoms with E-state index in [-0.39, 0.29) is 42.0 Å². The lowest BCUT2D eigenvalue weighted by Gasteiger charge is -2.36. The normalized spacial score (nSPS) is 16.9. The van der Waals surface area contributed by atoms with Gasteiger partial charge in [0.15, 0.2) is 5.82 Å². The molecule has 0 radical (unpaired) electrons. The number of anilines is 5. The molecule has 1 aromatic heterocycles. The summed E-state index contributed by atoms with van der Waals surface area (Å²) >= 11 is 0. The predicted molar refractivity (Wildman–Crippen MR) is 315 cm³/mol. The highest BCUT2D eigenvalue weighted by Gasteiger charge is 2.28. The number of nitrogens with one attached hydrogen (secondary N) is 5. The Kier molecular flexibility index (Phi) is 23.6. The van der Waals surface area contributed by atoms with E-state index >= 15 is 0 Å². The number of hydrogen-bond acceptors (Lipinski definition) is 17. The molecule has 85 heavy (non-hydrogen) atoms. The summed E-state index contributed by atoms with van der Waals surface area (Å²) in [5.74, 6) is -1.73. The number of piperidine rings is 1. The van der Waals surface area contributed by atoms with Gasteiger partial charge in [-0.15, -0.1) is 0 Å². The minimum atomic E-state index is -0.641. The minimum absolute atomic E-state index is 0.0288. The zero-order chi connectivity index (χ0) is 59.2. The number of hydrogen-bond donors (Lipinski definition) is 5. The second-order valence-electron chi connectivity index (χ2n) is 21.2. The molecule has 5 heterocycles. The van der Waals surface area contributed by atoms with E-state index < -0.39 is 17.7 Å². The number of rotatable bonds is 31. The Bertz CT molecular complexity index is 2970. The summed E-state index contributed by atoms with van der Waals surface area (Å²) in [6.07, 6.45) is 3.25. The maximum absolute atomic E-state index is 14.0. The number of aromatic nitrogens is 2. The van der Waals surface area contributed by atoms with E-state index in [0.29, 0.717) is 191 Å². The number of carbonyl (C=O) groups is 5. The fraction of sp³-hybridized carbons (Fsp3) is 0.508. The number of aromatic amines is 1. The topological polar surface area (TPSA) is 240 Å². The van der Waals surface area contributed by atoms with Crippen LogP contribution in [0.4, 0.5) is 37.3 Å². The number of nitrogens with zero attached hydrogens (tertiary/aromatic N) is 5. The second-order valence-corrected chi connectivity index (χ2v) is 21.2. The van der Waals surface area contributed by atoms with Crippen molar-refractivity contribution in [1.82, 2.24) is 25.3 Å². The quantitative estimate of drug-likeness (QED) is 0.0277. The fourth-order valence-electron chi connectivity index (χ4n) is 10.6. The van der Waals surface area contributed by atoms with Crippen molar-refractivity contribution < 1.29 is 65.9 Å². The van der Waals surface area contributed by atoms with Crippen molar-refractivity contribution in [1.29, 1.82) is 0 Å². The van der Waals surface area contributed by atoms with Crippen molar-refractivity contribution in [3.8, 4) is 0 Å². The van der Waals surface area contributed by atoms with Crippen molar-refractivity contribution in [2.75, 3.05) is 171 Å². The Balaban J connectivity index is 0.564. The molecule has 5 amide bonds. The molecule has 1 atom stereocenters. The van der Waals surface area contributed by atoms with Crippen LogP contribution in [0.2, 0.25) is 0 Å². The highest BCUT2D eigenvalue weighted by Crippen LogP contribution is 2.30. The van der Waals surface area contributed by atoms with E-state index in [2.05, 4.69) is 41.3 Å². The number of benzene rings is 4. The Morgan fingerprint density at radius 3 is 1.69 bits per heavy atom. The summed E-state index contributed by atoms with van der Waals surface area (Å²) in [6.45, 7) is 10.9. The van der Waals surface area contributed by atoms with Crippen LogP contribution in [-0.4, -0.2) is 206 Å². The number of piperazine rings is 2. The molecule has 4 aliphatic heterocycles. The highest BCUT2D eigenvalue weighted by molar-refractivity contribution is 6.11. The first kappa shape index (κ1) is 62.2. The van der Waals surface area contributed by atoms with Gasteiger partial charge >= 0.3 is 0 Å². The van der Waals surface area contributed by atoms with Gasteiger partial charge in [-0.2, -0.15) is 5.10 Å². The summed E-state index contributed by atoms with van der Waals surface area (Å²) in [7, 11) is 0. The third kappa shape index (κ3) is 19.1. The van der Waals surface area contributed by atoms with Crippen LogP contribution in [-0.2, 0) is 58.8 Å². The van der Waals surface area contributed by atoms with Crippen LogP contribution in [0.3, 0.4) is 0 Å². The Morgan fingerprint density at radius 1 is 0.588 bits per heavy atom. The maximum atomic E-state index is 14.0. The van der Waals surface area contributed by atoms with Crippen LogP contribution in [0.25, 0.3) is 10.9 Å². The summed E-state index contributed by atoms with van der Waals surface area (Å²) < 4.78 is 67.1. The smallest absolute Gasteiger partial charge is 0.258 e. The van der Waals surface area contributed by atoms with Gasteiger partial charge in [-0.3, -0.25) is 34.4 Å². The monoisotopic (exact) mass is 1180 g/mol. The first-order valence-electron chi connectivity index (χ1n) is 29.4. The molecule has 4 fully saturated rings. The van der Waals surface area contributed by atoms with Gasteiger partial charge in [0.2, 0.25) is 23.6 Å². The molecule has 22 nitrogen and oxygen atoms in total. The molecule has 0 aliphatic carbocycles. The van der Waals surface area contributed by atoms with Gasteiger partial charge in [0.25, 0.3) is 5.91 Å². The van der Waals surface area contributed by atoms with Crippen molar-refractivity contribution in [3.63, 3.8) is 0 Å². The molecule has 4 aromatic carbocycles. The average Bonchev–Trinajstić information content (AvgIpc) is 4.17. The summed E-state index contributed by atoms with van der Waals surface area (Å²) in [5.41, 5.74) is 5.92. The van der Waals surface area contributed by atoms with Gasteiger partial charge in [0.1, 0.15) is 17.7 Å². The fourth-order valence-corrected chi connectivity index (χ4v) is 10.6. The molecular weight excluding hydrogens is 1100 g/mol. The van der Waals surface area contributed by atoms with E-state index in [1.807, 2.05) is 70.5 Å². The molecule has 5 N–H and O–H groups in total. The number of imide groups is 1. The van der Waals surface area contributed by atoms with Gasteiger partial charge in [-0.05, 0) is 104 Å². The minimum Gasteiger partial charge on any atom is -0.381 e. The molecule has 1 unspecified atom stereocenters. The largest absolute Gasteiger partial charge is 0.381 e. The maximum Gasteiger partial charge on any atom is 0.258 e. The number of ether oxygens (including phenoxy) is 7. The number of carbonyl (C=O) groups excluding carboxylic acids is 5. The summed E-state index contributed by atoms with van der Waals surface area (Å²) in [6, 6.07) is 22.2. The molecule has 4 aliphatic rings. The van der Waals surface area contributed by atoms with Crippen molar-refractivity contribution in [2.24, 2.45) is 0 Å². The van der Waals surface area contributed by atoms with Crippen LogP contribution in [0.15, 0.2) is 78.9 Å². The van der Waals surface area contributed by atoms with Gasteiger partial charge < -0.3 is 68.7 Å². The number of amides is 5. The first-order valence-corrected chi connectivity index (χ1v) is 29.4. The van der Waals surface area contributed by atoms with E-state index in [0.717, 1.165) is 54.6 Å². The summed E-state index contributed by atoms with van der Waals surface area (Å²) in [5, 5.41) is 20.2. The lowest BCUT2D eigenvalue weighted by molar-refractivity contribution is -0.134. The molecule has 0 spiro atoms. The van der Waals surface area contributed by atoms with Crippen molar-refractivity contribution in [3.05, 3.63) is 107 Å². The van der Waals surface area contributed by atoms with Gasteiger partial charge in [-0.1, -0.05) is 6.07 Å². The second kappa shape index (κ2) is 32.3. The number of H-pyrrole nitrogens is 1. The molecule has 9 rings (SSSR count). The lowest BCUT2D eigenvalue weighted by Crippen LogP contribution is -2.49. The van der Waals surface area contributed by atoms with E-state index in [4.69, 9.17) is 33.2 Å². The van der Waals surface area contributed by atoms with Crippen LogP contribution < -0.4 is 31.1 Å². The molecular formula is C61H78F2N10O12. The van der Waals surface area contributed by atoms with Crippen molar-refractivity contribution >= 4 is 69.0 Å². The lowest BCUT2D eigenvalue weighted by atomic mass is 10.0. The number of halogens is 2. The third-order valence-electron chi connectivity index (χ3n) is 15.2. The van der Waals surface area contributed by atoms with Crippen LogP contribution >= 0.6 is 0 Å². The van der Waals surface area contributed by atoms with Crippen molar-refractivity contribution in [2.45, 2.75) is 57.0 Å². The Labute approximate surface area is 493 Å². The van der Waals surface area contributed by atoms with E-state index in [1.165, 1.54) is 12.1 Å². The van der Waals surface area contributed by atoms with E-state index in [1.54, 1.807) is 0 Å². The molecule has 24 heteroatoms. The third-order valence-corrected chi connectivity index (χ3v) is 15.2. The van der Waals surface area contributed by atoms with Crippen LogP contribution in [0, 0.1) is 11.6 Å². The van der Waals surface area contributed by atoms with Gasteiger partial charge in [0.05, 0.1) is 103 Å². The molecule has 5 aromatic rings. The van der Waals surface area contributed by atoms with Gasteiger partial charge in [-0.25, -0.2) is 8.78 Å². The Morgan fingerprint density at radius 2 is 1.13 bits per heavy atom. The predicted octanol–water partition coefficient (Wildman–Crippen LogP) is 5.37. The standard InChI is InChI=1S/C61H78F2N10O12/c62-45-38-44(39-46(63)41-45)37-43-1-8-53-52(40-43)59(69-68-53)67-60(77)51-7-6-50(42-55(51)65-48-11-23-79-24-12-48)71-17-21-73(22-18-71)58(76)14-26-81-28-30-83-32-34-85-36-35-84-33-31-82-29-27-80-25-13-57(75)72-19-15-70(16-20-72)49-4-2-47(3-5-49)64-54-9-10-56(74)66-61(54)78/h1-8,38-42,48,54,64-65H,9-37H2,(H,66,74,78)(H2,67,68,69,77). The highest BCUT2D eigenvalue weighted by atomic mass is 19.1. The molecule has 0 saturated carbocycles. The Hall–Kier alpha value is -7.32. The molecule has 0 bridgehead atoms. The zero-order valence-electron chi connectivity index (χ0n) is 48.1. The summed E-state index contributed by atoms with van der Waals surface area (Å²) in [4.78, 5) is 71.6. The van der Waals surface area contributed by atoms with Crippen LogP contribution in [0.1, 0.15) is 60.0 Å². The first-order chi connectivity index (χ1) is 41.5. The zero-order valence-corrected chi connectivity index (χ0v) is 48.1. The van der Waals surface area contributed by atoms with Crippen LogP contribution in [0.5, 0.6) is 0 Å².